The number of hydrogen-bond acceptors (Lipinski definition) is 7. The fourth-order valence-corrected chi connectivity index (χ4v) is 6.11. The molecule has 1 aliphatic carbocycles. The molecule has 3 aromatic rings. The monoisotopic (exact) mass is 485 g/mol. The van der Waals surface area contributed by atoms with Crippen molar-refractivity contribution >= 4 is 15.5 Å². The van der Waals surface area contributed by atoms with E-state index < -0.39 is 31.5 Å². The molecule has 1 aliphatic heterocycles. The number of benzene rings is 1. The molecule has 0 bridgehead atoms. The molecule has 2 aliphatic rings. The van der Waals surface area contributed by atoms with Crippen molar-refractivity contribution in [2.24, 2.45) is 0 Å². The lowest BCUT2D eigenvalue weighted by Crippen LogP contribution is -2.58. The molecule has 7 nitrogen and oxygen atoms in total. The first-order valence-corrected chi connectivity index (χ1v) is 12.7. The van der Waals surface area contributed by atoms with Gasteiger partial charge in [-0.3, -0.25) is 0 Å². The van der Waals surface area contributed by atoms with E-state index in [1.165, 1.54) is 6.07 Å². The minimum Gasteiger partial charge on any atom is -0.366 e. The summed E-state index contributed by atoms with van der Waals surface area (Å²) in [5.74, 6) is -0.876. The minimum atomic E-state index is -3.37. The van der Waals surface area contributed by atoms with Crippen LogP contribution in [0.15, 0.2) is 43.0 Å². The molecule has 5 rings (SSSR count). The van der Waals surface area contributed by atoms with Gasteiger partial charge < -0.3 is 4.90 Å². The van der Waals surface area contributed by atoms with Crippen molar-refractivity contribution in [2.45, 2.75) is 49.0 Å². The van der Waals surface area contributed by atoms with Crippen molar-refractivity contribution < 1.29 is 17.2 Å². The van der Waals surface area contributed by atoms with Crippen molar-refractivity contribution in [1.82, 2.24) is 19.9 Å². The predicted molar refractivity (Wildman–Crippen MR) is 124 cm³/mol. The average molecular weight is 486 g/mol. The number of sulfone groups is 1. The second kappa shape index (κ2) is 8.04. The Labute approximate surface area is 197 Å². The van der Waals surface area contributed by atoms with E-state index in [0.29, 0.717) is 17.2 Å². The Morgan fingerprint density at radius 1 is 0.912 bits per heavy atom. The van der Waals surface area contributed by atoms with E-state index in [0.717, 1.165) is 12.0 Å². The quantitative estimate of drug-likeness (QED) is 0.542. The molecule has 2 atom stereocenters. The molecule has 1 saturated heterocycles. The summed E-state index contributed by atoms with van der Waals surface area (Å²) in [5.41, 5.74) is 1.72. The van der Waals surface area contributed by atoms with Crippen molar-refractivity contribution in [1.29, 1.82) is 0 Å². The SMILES string of the molecule is CC(C)(C)S(=O)(=O)C1CN(c2cc([C@@H]3C[C@H]3c3cnc(-c4ncccn4)nc3)cc(F)c2F)C1. The van der Waals surface area contributed by atoms with E-state index in [4.69, 9.17) is 0 Å². The third-order valence-corrected chi connectivity index (χ3v) is 9.48. The van der Waals surface area contributed by atoms with E-state index >= 15 is 0 Å². The van der Waals surface area contributed by atoms with Crippen LogP contribution in [0.25, 0.3) is 11.6 Å². The van der Waals surface area contributed by atoms with Crippen LogP contribution in [0.4, 0.5) is 14.5 Å². The molecule has 178 valence electrons. The fourth-order valence-electron chi connectivity index (χ4n) is 4.36. The van der Waals surface area contributed by atoms with Gasteiger partial charge in [-0.1, -0.05) is 0 Å². The maximum Gasteiger partial charge on any atom is 0.197 e. The lowest BCUT2D eigenvalue weighted by molar-refractivity contribution is 0.485. The number of anilines is 1. The Balaban J connectivity index is 1.32. The highest BCUT2D eigenvalue weighted by Crippen LogP contribution is 2.55. The summed E-state index contributed by atoms with van der Waals surface area (Å²) >= 11 is 0. The molecule has 2 aromatic heterocycles. The number of halogens is 2. The highest BCUT2D eigenvalue weighted by atomic mass is 32.2. The van der Waals surface area contributed by atoms with Crippen molar-refractivity contribution in [3.8, 4) is 11.6 Å². The first-order valence-electron chi connectivity index (χ1n) is 11.1. The largest absolute Gasteiger partial charge is 0.366 e. The van der Waals surface area contributed by atoms with Gasteiger partial charge in [0.25, 0.3) is 0 Å². The van der Waals surface area contributed by atoms with Crippen LogP contribution in [-0.2, 0) is 9.84 Å². The zero-order chi connectivity index (χ0) is 24.3. The highest BCUT2D eigenvalue weighted by molar-refractivity contribution is 7.93. The molecule has 0 amide bonds. The smallest absolute Gasteiger partial charge is 0.197 e. The van der Waals surface area contributed by atoms with E-state index in [-0.39, 0.29) is 30.6 Å². The molecule has 1 aromatic carbocycles. The summed E-state index contributed by atoms with van der Waals surface area (Å²) in [7, 11) is -3.37. The first-order chi connectivity index (χ1) is 16.1. The van der Waals surface area contributed by atoms with E-state index in [2.05, 4.69) is 19.9 Å². The van der Waals surface area contributed by atoms with Gasteiger partial charge in [0.05, 0.1) is 15.7 Å². The topological polar surface area (TPSA) is 88.9 Å². The number of aromatic nitrogens is 4. The van der Waals surface area contributed by atoms with Crippen molar-refractivity contribution in [3.05, 3.63) is 65.7 Å². The van der Waals surface area contributed by atoms with Crippen LogP contribution in [0.5, 0.6) is 0 Å². The van der Waals surface area contributed by atoms with Crippen LogP contribution in [0.2, 0.25) is 0 Å². The Kier molecular flexibility index (Phi) is 5.38. The Morgan fingerprint density at radius 3 is 2.12 bits per heavy atom. The van der Waals surface area contributed by atoms with Crippen LogP contribution in [-0.4, -0.2) is 51.4 Å². The predicted octanol–water partition coefficient (Wildman–Crippen LogP) is 3.88. The summed E-state index contributed by atoms with van der Waals surface area (Å²) in [6.45, 7) is 5.28. The van der Waals surface area contributed by atoms with Gasteiger partial charge >= 0.3 is 0 Å². The molecule has 34 heavy (non-hydrogen) atoms. The summed E-state index contributed by atoms with van der Waals surface area (Å²) < 4.78 is 53.5. The standard InChI is InChI=1S/C24H25F2N5O2S/c1-24(2,3)34(32,33)16-12-31(13-16)20-8-14(7-19(25)21(20)26)17-9-18(17)15-10-29-23(30-11-15)22-27-5-4-6-28-22/h4-8,10-11,16-18H,9,12-13H2,1-3H3/t17-,18-/m0/s1. The summed E-state index contributed by atoms with van der Waals surface area (Å²) in [5, 5.41) is -0.587. The lowest BCUT2D eigenvalue weighted by atomic mass is 10.0. The summed E-state index contributed by atoms with van der Waals surface area (Å²) in [6.07, 6.45) is 7.46. The van der Waals surface area contributed by atoms with Crippen LogP contribution in [0.1, 0.15) is 50.2 Å². The van der Waals surface area contributed by atoms with Crippen LogP contribution >= 0.6 is 0 Å². The number of hydrogen-bond donors (Lipinski definition) is 0. The first kappa shape index (κ1) is 22.8. The number of rotatable bonds is 5. The molecule has 3 heterocycles. The molecular weight excluding hydrogens is 460 g/mol. The Morgan fingerprint density at radius 2 is 1.50 bits per heavy atom. The van der Waals surface area contributed by atoms with Gasteiger partial charge in [0, 0.05) is 37.9 Å². The van der Waals surface area contributed by atoms with E-state index in [1.54, 1.807) is 62.6 Å². The molecule has 1 saturated carbocycles. The summed E-state index contributed by atoms with van der Waals surface area (Å²) in [4.78, 5) is 18.6. The van der Waals surface area contributed by atoms with Gasteiger partial charge in [0.2, 0.25) is 0 Å². The summed E-state index contributed by atoms with van der Waals surface area (Å²) in [6, 6.07) is 4.60. The number of nitrogens with zero attached hydrogens (tertiary/aromatic N) is 5. The van der Waals surface area contributed by atoms with Gasteiger partial charge in [-0.2, -0.15) is 0 Å². The second-order valence-electron chi connectivity index (χ2n) is 9.88. The molecule has 0 unspecified atom stereocenters. The van der Waals surface area contributed by atoms with E-state index in [1.807, 2.05) is 0 Å². The maximum atomic E-state index is 14.6. The van der Waals surface area contributed by atoms with Crippen LogP contribution < -0.4 is 4.90 Å². The van der Waals surface area contributed by atoms with Crippen LogP contribution in [0.3, 0.4) is 0 Å². The van der Waals surface area contributed by atoms with Gasteiger partial charge in [-0.15, -0.1) is 0 Å². The average Bonchev–Trinajstić information content (AvgIpc) is 3.56. The highest BCUT2D eigenvalue weighted by Gasteiger charge is 2.45. The third-order valence-electron chi connectivity index (χ3n) is 6.60. The van der Waals surface area contributed by atoms with Crippen molar-refractivity contribution in [2.75, 3.05) is 18.0 Å². The van der Waals surface area contributed by atoms with E-state index in [9.17, 15) is 17.2 Å². The molecule has 10 heteroatoms. The minimum absolute atomic E-state index is 0.0201. The Hall–Kier alpha value is -3.01. The zero-order valence-corrected chi connectivity index (χ0v) is 19.9. The van der Waals surface area contributed by atoms with Gasteiger partial charge in [0.15, 0.2) is 33.1 Å². The fraction of sp³-hybridized carbons (Fsp3) is 0.417. The maximum absolute atomic E-state index is 14.6. The normalized spacial score (nSPS) is 20.8. The molecular formula is C24H25F2N5O2S. The molecule has 0 spiro atoms. The zero-order valence-electron chi connectivity index (χ0n) is 19.1. The third kappa shape index (κ3) is 3.93. The molecule has 0 radical (unpaired) electrons. The molecule has 0 N–H and O–H groups in total. The second-order valence-corrected chi connectivity index (χ2v) is 12.9. The molecule has 2 fully saturated rings. The Bertz CT molecular complexity index is 1320. The van der Waals surface area contributed by atoms with Crippen LogP contribution in [0, 0.1) is 11.6 Å². The van der Waals surface area contributed by atoms with Gasteiger partial charge in [0.1, 0.15) is 0 Å². The van der Waals surface area contributed by atoms with Gasteiger partial charge in [-0.05, 0) is 68.4 Å². The lowest BCUT2D eigenvalue weighted by Gasteiger charge is -2.43. The van der Waals surface area contributed by atoms with Gasteiger partial charge in [-0.25, -0.2) is 37.1 Å². The van der Waals surface area contributed by atoms with Crippen molar-refractivity contribution in [3.63, 3.8) is 0 Å².